The highest BCUT2D eigenvalue weighted by Crippen LogP contribution is 2.32. The Morgan fingerprint density at radius 3 is 2.57 bits per heavy atom. The highest BCUT2D eigenvalue weighted by atomic mass is 35.5. The highest BCUT2D eigenvalue weighted by molar-refractivity contribution is 6.29. The average Bonchev–Trinajstić information content (AvgIpc) is 3.06. The van der Waals surface area contributed by atoms with Gasteiger partial charge >= 0.3 is 12.1 Å². The minimum absolute atomic E-state index is 0.0795. The van der Waals surface area contributed by atoms with Gasteiger partial charge in [-0.2, -0.15) is 13.2 Å². The third-order valence-corrected chi connectivity index (χ3v) is 3.85. The summed E-state index contributed by atoms with van der Waals surface area (Å²) in [5.74, 6) is -0.752. The Morgan fingerprint density at radius 1 is 1.21 bits per heavy atom. The molecule has 3 aromatic rings. The van der Waals surface area contributed by atoms with Gasteiger partial charge in [0.2, 0.25) is 0 Å². The highest BCUT2D eigenvalue weighted by Gasteiger charge is 2.31. The van der Waals surface area contributed by atoms with Gasteiger partial charge < -0.3 is 4.74 Å². The van der Waals surface area contributed by atoms with Gasteiger partial charge in [-0.25, -0.2) is 14.5 Å². The number of benzene rings is 1. The summed E-state index contributed by atoms with van der Waals surface area (Å²) in [6, 6.07) is 7.57. The van der Waals surface area contributed by atoms with E-state index in [2.05, 4.69) is 15.3 Å². The maximum atomic E-state index is 13.1. The minimum atomic E-state index is -4.53. The van der Waals surface area contributed by atoms with E-state index >= 15 is 0 Å². The van der Waals surface area contributed by atoms with Gasteiger partial charge in [-0.05, 0) is 44.2 Å². The number of rotatable bonds is 4. The third kappa shape index (κ3) is 4.14. The topological polar surface area (TPSA) is 69.9 Å². The molecule has 0 saturated carbocycles. The van der Waals surface area contributed by atoms with Crippen molar-refractivity contribution in [2.45, 2.75) is 26.1 Å². The van der Waals surface area contributed by atoms with Crippen LogP contribution in [0, 0.1) is 0 Å². The first-order valence-electron chi connectivity index (χ1n) is 8.13. The van der Waals surface area contributed by atoms with Crippen molar-refractivity contribution in [1.82, 2.24) is 20.0 Å². The minimum Gasteiger partial charge on any atom is -0.458 e. The van der Waals surface area contributed by atoms with Crippen molar-refractivity contribution in [2.75, 3.05) is 0 Å². The molecular formula is C18H14ClF3N4O2. The first kappa shape index (κ1) is 19.8. The van der Waals surface area contributed by atoms with E-state index in [1.54, 1.807) is 19.9 Å². The lowest BCUT2D eigenvalue weighted by Gasteiger charge is -2.12. The summed E-state index contributed by atoms with van der Waals surface area (Å²) in [5, 5.41) is 7.92. The van der Waals surface area contributed by atoms with Crippen molar-refractivity contribution in [3.05, 3.63) is 59.0 Å². The fourth-order valence-electron chi connectivity index (χ4n) is 2.46. The number of aromatic nitrogens is 4. The maximum Gasteiger partial charge on any atom is 0.416 e. The molecule has 2 aromatic heterocycles. The van der Waals surface area contributed by atoms with Gasteiger partial charge in [0.1, 0.15) is 10.8 Å². The molecule has 0 fully saturated rings. The number of alkyl halides is 3. The average molecular weight is 411 g/mol. The van der Waals surface area contributed by atoms with Gasteiger partial charge in [-0.3, -0.25) is 0 Å². The quantitative estimate of drug-likeness (QED) is 0.465. The van der Waals surface area contributed by atoms with E-state index in [-0.39, 0.29) is 22.2 Å². The fourth-order valence-corrected chi connectivity index (χ4v) is 2.57. The van der Waals surface area contributed by atoms with Gasteiger partial charge in [0.05, 0.1) is 17.4 Å². The number of pyridine rings is 1. The number of nitrogens with zero attached hydrogens (tertiary/aromatic N) is 4. The van der Waals surface area contributed by atoms with Gasteiger partial charge in [-0.1, -0.05) is 22.9 Å². The van der Waals surface area contributed by atoms with E-state index in [9.17, 15) is 18.0 Å². The lowest BCUT2D eigenvalue weighted by molar-refractivity contribution is -0.137. The Morgan fingerprint density at radius 2 is 1.96 bits per heavy atom. The fraction of sp³-hybridized carbons (Fsp3) is 0.222. The molecule has 0 unspecified atom stereocenters. The summed E-state index contributed by atoms with van der Waals surface area (Å²) < 4.78 is 45.6. The zero-order valence-corrected chi connectivity index (χ0v) is 15.5. The molecule has 0 amide bonds. The van der Waals surface area contributed by atoms with Crippen molar-refractivity contribution >= 4 is 17.6 Å². The molecule has 0 N–H and O–H groups in total. The van der Waals surface area contributed by atoms with E-state index in [1.807, 2.05) is 0 Å². The second-order valence-corrected chi connectivity index (χ2v) is 6.46. The number of hydrogen-bond donors (Lipinski definition) is 0. The van der Waals surface area contributed by atoms with E-state index in [0.29, 0.717) is 5.56 Å². The summed E-state index contributed by atoms with van der Waals surface area (Å²) in [6.07, 6.45) is -3.57. The number of carbonyl (C=O) groups excluding carboxylic acids is 1. The second kappa shape index (κ2) is 7.59. The number of carbonyl (C=O) groups is 1. The first-order chi connectivity index (χ1) is 13.2. The molecule has 10 heteroatoms. The van der Waals surface area contributed by atoms with Gasteiger partial charge in [0.25, 0.3) is 0 Å². The number of halogens is 4. The second-order valence-electron chi connectivity index (χ2n) is 6.07. The molecular weight excluding hydrogens is 397 g/mol. The molecule has 146 valence electrons. The van der Waals surface area contributed by atoms with Gasteiger partial charge in [0.15, 0.2) is 5.69 Å². The van der Waals surface area contributed by atoms with Crippen LogP contribution in [0.2, 0.25) is 5.15 Å². The molecule has 0 radical (unpaired) electrons. The molecule has 0 aliphatic rings. The Kier molecular flexibility index (Phi) is 5.37. The standard InChI is InChI=1S/C18H14ClF3N4O2/c1-10(2)28-17(27)15-16(11-6-7-14(19)23-9-11)26(25-24-15)13-5-3-4-12(8-13)18(20,21)22/h3-10H,1-2H3. The van der Waals surface area contributed by atoms with E-state index in [4.69, 9.17) is 16.3 Å². The largest absolute Gasteiger partial charge is 0.458 e. The smallest absolute Gasteiger partial charge is 0.416 e. The molecule has 0 spiro atoms. The number of esters is 1. The zero-order chi connectivity index (χ0) is 20.5. The summed E-state index contributed by atoms with van der Waals surface area (Å²) >= 11 is 5.81. The van der Waals surface area contributed by atoms with Crippen LogP contribution in [0.25, 0.3) is 16.9 Å². The molecule has 0 aliphatic heterocycles. The van der Waals surface area contributed by atoms with Crippen LogP contribution in [0.3, 0.4) is 0 Å². The summed E-state index contributed by atoms with van der Waals surface area (Å²) in [7, 11) is 0. The molecule has 0 aliphatic carbocycles. The predicted octanol–water partition coefficient (Wildman–Crippen LogP) is 4.57. The van der Waals surface area contributed by atoms with Crippen LogP contribution in [-0.4, -0.2) is 32.1 Å². The van der Waals surface area contributed by atoms with E-state index in [0.717, 1.165) is 16.8 Å². The van der Waals surface area contributed by atoms with Crippen molar-refractivity contribution in [3.8, 4) is 16.9 Å². The SMILES string of the molecule is CC(C)OC(=O)c1nnn(-c2cccc(C(F)(F)F)c2)c1-c1ccc(Cl)nc1. The van der Waals surface area contributed by atoms with Crippen molar-refractivity contribution in [3.63, 3.8) is 0 Å². The molecule has 0 bridgehead atoms. The van der Waals surface area contributed by atoms with Gasteiger partial charge in [0, 0.05) is 11.8 Å². The Hall–Kier alpha value is -2.94. The van der Waals surface area contributed by atoms with Crippen LogP contribution >= 0.6 is 11.6 Å². The van der Waals surface area contributed by atoms with E-state index in [1.165, 1.54) is 24.4 Å². The van der Waals surface area contributed by atoms with Crippen LogP contribution in [0.4, 0.5) is 13.2 Å². The summed E-state index contributed by atoms with van der Waals surface area (Å²) in [4.78, 5) is 16.4. The maximum absolute atomic E-state index is 13.1. The Bertz CT molecular complexity index is 1000. The van der Waals surface area contributed by atoms with Crippen molar-refractivity contribution < 1.29 is 22.7 Å². The monoisotopic (exact) mass is 410 g/mol. The Labute approximate surface area is 162 Å². The molecule has 0 atom stereocenters. The zero-order valence-electron chi connectivity index (χ0n) is 14.7. The summed E-state index contributed by atoms with van der Waals surface area (Å²) in [6.45, 7) is 3.33. The van der Waals surface area contributed by atoms with Crippen LogP contribution < -0.4 is 0 Å². The Balaban J connectivity index is 2.18. The lowest BCUT2D eigenvalue weighted by Crippen LogP contribution is -2.13. The molecule has 6 nitrogen and oxygen atoms in total. The number of hydrogen-bond acceptors (Lipinski definition) is 5. The summed E-state index contributed by atoms with van der Waals surface area (Å²) in [5.41, 5.74) is -0.380. The van der Waals surface area contributed by atoms with Crippen LogP contribution in [0.1, 0.15) is 29.9 Å². The number of ether oxygens (including phenoxy) is 1. The lowest BCUT2D eigenvalue weighted by atomic mass is 10.1. The van der Waals surface area contributed by atoms with Crippen LogP contribution in [0.15, 0.2) is 42.6 Å². The van der Waals surface area contributed by atoms with Crippen molar-refractivity contribution in [2.24, 2.45) is 0 Å². The van der Waals surface area contributed by atoms with Crippen LogP contribution in [-0.2, 0) is 10.9 Å². The molecule has 0 saturated heterocycles. The van der Waals surface area contributed by atoms with Gasteiger partial charge in [-0.15, -0.1) is 5.10 Å². The van der Waals surface area contributed by atoms with Crippen LogP contribution in [0.5, 0.6) is 0 Å². The molecule has 2 heterocycles. The molecule has 3 rings (SSSR count). The molecule has 28 heavy (non-hydrogen) atoms. The third-order valence-electron chi connectivity index (χ3n) is 3.63. The normalized spacial score (nSPS) is 11.7. The first-order valence-corrected chi connectivity index (χ1v) is 8.51. The van der Waals surface area contributed by atoms with Crippen molar-refractivity contribution in [1.29, 1.82) is 0 Å². The molecule has 1 aromatic carbocycles. The predicted molar refractivity (Wildman–Crippen MR) is 95.2 cm³/mol. The van der Waals surface area contributed by atoms with E-state index < -0.39 is 23.8 Å².